The molecule has 0 unspecified atom stereocenters. The first-order valence-corrected chi connectivity index (χ1v) is 8.13. The Hall–Kier alpha value is -2.37. The van der Waals surface area contributed by atoms with Crippen molar-refractivity contribution in [3.05, 3.63) is 69.6 Å². The van der Waals surface area contributed by atoms with Gasteiger partial charge in [0.15, 0.2) is 5.13 Å². The molecule has 0 fully saturated rings. The van der Waals surface area contributed by atoms with Crippen molar-refractivity contribution in [2.75, 3.05) is 11.1 Å². The van der Waals surface area contributed by atoms with Gasteiger partial charge in [0.1, 0.15) is 10.7 Å². The van der Waals surface area contributed by atoms with Crippen LogP contribution in [0.1, 0.15) is 20.8 Å². The zero-order valence-corrected chi connectivity index (χ0v) is 13.9. The maximum absolute atomic E-state index is 12.6. The normalized spacial score (nSPS) is 10.5. The summed E-state index contributed by atoms with van der Waals surface area (Å²) in [5.74, 6) is -0.0158. The van der Waals surface area contributed by atoms with Crippen molar-refractivity contribution in [3.8, 4) is 0 Å². The Labute approximate surface area is 142 Å². The van der Waals surface area contributed by atoms with E-state index in [9.17, 15) is 4.79 Å². The Balaban J connectivity index is 1.89. The molecule has 1 heterocycles. The number of carbonyl (C=O) groups is 1. The molecule has 1 aromatic heterocycles. The molecule has 0 saturated carbocycles. The number of carbonyl (C=O) groups excluding carboxylic acids is 1. The number of nitrogens with one attached hydrogen (secondary N) is 1. The van der Waals surface area contributed by atoms with Crippen LogP contribution in [0.4, 0.5) is 16.6 Å². The second-order valence-electron chi connectivity index (χ2n) is 5.04. The number of thiazole rings is 1. The summed E-state index contributed by atoms with van der Waals surface area (Å²) in [6, 6.07) is 14.8. The zero-order valence-electron chi connectivity index (χ0n) is 12.3. The average Bonchev–Trinajstić information content (AvgIpc) is 2.87. The van der Waals surface area contributed by atoms with Crippen LogP contribution < -0.4 is 11.1 Å². The number of ketones is 1. The molecule has 4 nitrogen and oxygen atoms in total. The third kappa shape index (κ3) is 3.36. The van der Waals surface area contributed by atoms with Crippen LogP contribution in [0.3, 0.4) is 0 Å². The molecule has 0 amide bonds. The summed E-state index contributed by atoms with van der Waals surface area (Å²) in [6.45, 7) is 2.01. The fourth-order valence-electron chi connectivity index (χ4n) is 2.16. The summed E-state index contributed by atoms with van der Waals surface area (Å²) >= 11 is 7.30. The van der Waals surface area contributed by atoms with Crippen LogP contribution in [0.25, 0.3) is 0 Å². The number of nitrogen functional groups attached to an aromatic ring is 1. The molecule has 0 aliphatic carbocycles. The Morgan fingerprint density at radius 1 is 1.22 bits per heavy atom. The van der Waals surface area contributed by atoms with Gasteiger partial charge in [0.25, 0.3) is 0 Å². The number of hydrogen-bond acceptors (Lipinski definition) is 5. The standard InChI is InChI=1S/C17H14ClN3OS/c1-10-5-4-6-11(9-10)20-17-21-16(19)15(23-17)14(22)12-7-2-3-8-13(12)18/h2-9H,19H2,1H3,(H,20,21). The Bertz CT molecular complexity index is 876. The zero-order chi connectivity index (χ0) is 16.4. The molecule has 0 aliphatic rings. The predicted molar refractivity (Wildman–Crippen MR) is 95.9 cm³/mol. The monoisotopic (exact) mass is 343 g/mol. The van der Waals surface area contributed by atoms with E-state index >= 15 is 0 Å². The first kappa shape index (κ1) is 15.5. The number of nitrogens with zero attached hydrogens (tertiary/aromatic N) is 1. The Morgan fingerprint density at radius 3 is 2.74 bits per heavy atom. The van der Waals surface area contributed by atoms with Gasteiger partial charge >= 0.3 is 0 Å². The van der Waals surface area contributed by atoms with Crippen LogP contribution in [-0.4, -0.2) is 10.8 Å². The third-order valence-electron chi connectivity index (χ3n) is 3.25. The van der Waals surface area contributed by atoms with Crippen LogP contribution in [0.15, 0.2) is 48.5 Å². The van der Waals surface area contributed by atoms with Gasteiger partial charge in [0, 0.05) is 11.3 Å². The molecule has 6 heteroatoms. The van der Waals surface area contributed by atoms with Gasteiger partial charge in [0.05, 0.1) is 5.02 Å². The van der Waals surface area contributed by atoms with E-state index in [-0.39, 0.29) is 11.6 Å². The molecule has 0 atom stereocenters. The molecule has 3 rings (SSSR count). The van der Waals surface area contributed by atoms with Gasteiger partial charge in [-0.1, -0.05) is 47.2 Å². The molecule has 3 aromatic rings. The topological polar surface area (TPSA) is 68.0 Å². The lowest BCUT2D eigenvalue weighted by molar-refractivity contribution is 0.104. The summed E-state index contributed by atoms with van der Waals surface area (Å²) in [5, 5.41) is 4.14. The van der Waals surface area contributed by atoms with E-state index in [4.69, 9.17) is 17.3 Å². The highest BCUT2D eigenvalue weighted by Crippen LogP contribution is 2.31. The minimum Gasteiger partial charge on any atom is -0.382 e. The molecule has 0 radical (unpaired) electrons. The first-order valence-electron chi connectivity index (χ1n) is 6.94. The van der Waals surface area contributed by atoms with E-state index in [1.54, 1.807) is 24.3 Å². The molecule has 0 saturated heterocycles. The number of hydrogen-bond donors (Lipinski definition) is 2. The molecular formula is C17H14ClN3OS. The largest absolute Gasteiger partial charge is 0.382 e. The third-order valence-corrected chi connectivity index (χ3v) is 4.56. The number of aryl methyl sites for hydroxylation is 1. The summed E-state index contributed by atoms with van der Waals surface area (Å²) in [7, 11) is 0. The average molecular weight is 344 g/mol. The first-order chi connectivity index (χ1) is 11.0. The summed E-state index contributed by atoms with van der Waals surface area (Å²) < 4.78 is 0. The highest BCUT2D eigenvalue weighted by Gasteiger charge is 2.19. The SMILES string of the molecule is Cc1cccc(Nc2nc(N)c(C(=O)c3ccccc3Cl)s2)c1. The van der Waals surface area contributed by atoms with Gasteiger partial charge in [-0.05, 0) is 36.8 Å². The molecule has 0 bridgehead atoms. The quantitative estimate of drug-likeness (QED) is 0.676. The van der Waals surface area contributed by atoms with Crippen LogP contribution in [0, 0.1) is 6.92 Å². The van der Waals surface area contributed by atoms with Crippen molar-refractivity contribution < 1.29 is 4.79 Å². The molecular weight excluding hydrogens is 330 g/mol. The fraction of sp³-hybridized carbons (Fsp3) is 0.0588. The maximum atomic E-state index is 12.6. The highest BCUT2D eigenvalue weighted by molar-refractivity contribution is 7.18. The number of halogens is 1. The van der Waals surface area contributed by atoms with Crippen LogP contribution in [-0.2, 0) is 0 Å². The summed E-state index contributed by atoms with van der Waals surface area (Å²) in [6.07, 6.45) is 0. The molecule has 3 N–H and O–H groups in total. The maximum Gasteiger partial charge on any atom is 0.208 e. The van der Waals surface area contributed by atoms with E-state index < -0.39 is 0 Å². The fourth-order valence-corrected chi connectivity index (χ4v) is 3.24. The number of nitrogens with two attached hydrogens (primary N) is 1. The second-order valence-corrected chi connectivity index (χ2v) is 6.44. The van der Waals surface area contributed by atoms with Gasteiger partial charge in [0.2, 0.25) is 5.78 Å². The van der Waals surface area contributed by atoms with E-state index in [0.29, 0.717) is 20.6 Å². The molecule has 0 spiro atoms. The van der Waals surface area contributed by atoms with Crippen molar-refractivity contribution >= 4 is 45.4 Å². The van der Waals surface area contributed by atoms with E-state index in [0.717, 1.165) is 11.3 Å². The Kier molecular flexibility index (Phi) is 4.32. The lowest BCUT2D eigenvalue weighted by atomic mass is 10.1. The predicted octanol–water partition coefficient (Wildman–Crippen LogP) is 4.66. The summed E-state index contributed by atoms with van der Waals surface area (Å²) in [4.78, 5) is 17.2. The van der Waals surface area contributed by atoms with Crippen molar-refractivity contribution in [1.29, 1.82) is 0 Å². The van der Waals surface area contributed by atoms with E-state index in [1.807, 2.05) is 31.2 Å². The number of anilines is 3. The number of aromatic nitrogens is 1. The smallest absolute Gasteiger partial charge is 0.208 e. The van der Waals surface area contributed by atoms with Gasteiger partial charge in [-0.2, -0.15) is 0 Å². The van der Waals surface area contributed by atoms with Crippen LogP contribution in [0.5, 0.6) is 0 Å². The van der Waals surface area contributed by atoms with Crippen molar-refractivity contribution in [1.82, 2.24) is 4.98 Å². The van der Waals surface area contributed by atoms with Crippen molar-refractivity contribution in [2.45, 2.75) is 6.92 Å². The molecule has 2 aromatic carbocycles. The van der Waals surface area contributed by atoms with E-state index in [2.05, 4.69) is 10.3 Å². The van der Waals surface area contributed by atoms with Gasteiger partial charge < -0.3 is 11.1 Å². The van der Waals surface area contributed by atoms with Crippen LogP contribution in [0.2, 0.25) is 5.02 Å². The second kappa shape index (κ2) is 6.40. The lowest BCUT2D eigenvalue weighted by Gasteiger charge is -2.02. The lowest BCUT2D eigenvalue weighted by Crippen LogP contribution is -2.03. The van der Waals surface area contributed by atoms with Gasteiger partial charge in [-0.3, -0.25) is 4.79 Å². The molecule has 23 heavy (non-hydrogen) atoms. The van der Waals surface area contributed by atoms with E-state index in [1.165, 1.54) is 11.3 Å². The van der Waals surface area contributed by atoms with Crippen molar-refractivity contribution in [2.24, 2.45) is 0 Å². The summed E-state index contributed by atoms with van der Waals surface area (Å²) in [5.41, 5.74) is 8.36. The highest BCUT2D eigenvalue weighted by atomic mass is 35.5. The molecule has 116 valence electrons. The minimum absolute atomic E-state index is 0.204. The van der Waals surface area contributed by atoms with Crippen molar-refractivity contribution in [3.63, 3.8) is 0 Å². The van der Waals surface area contributed by atoms with Crippen LogP contribution >= 0.6 is 22.9 Å². The van der Waals surface area contributed by atoms with Gasteiger partial charge in [-0.15, -0.1) is 0 Å². The number of rotatable bonds is 4. The Morgan fingerprint density at radius 2 is 2.00 bits per heavy atom. The minimum atomic E-state index is -0.220. The van der Waals surface area contributed by atoms with Gasteiger partial charge in [-0.25, -0.2) is 4.98 Å². The molecule has 0 aliphatic heterocycles. The number of benzene rings is 2.